The molecule has 62 valence electrons. The fraction of sp³-hybridized carbons (Fsp3) is 0.600. The van der Waals surface area contributed by atoms with Gasteiger partial charge in [-0.25, -0.2) is 0 Å². The first-order valence-corrected chi connectivity index (χ1v) is 4.28. The zero-order chi connectivity index (χ0) is 8.10. The molecule has 0 saturated carbocycles. The van der Waals surface area contributed by atoms with Crippen LogP contribution in [0.25, 0.3) is 0 Å². The molecule has 0 spiro atoms. The summed E-state index contributed by atoms with van der Waals surface area (Å²) < 4.78 is 5.36. The average Bonchev–Trinajstić information content (AvgIpc) is 2.03. The molecule has 1 unspecified atom stereocenters. The summed E-state index contributed by atoms with van der Waals surface area (Å²) in [4.78, 5) is 0. The van der Waals surface area contributed by atoms with Crippen molar-refractivity contribution in [2.75, 3.05) is 0 Å². The highest BCUT2D eigenvalue weighted by molar-refractivity contribution is 5.07. The molecule has 1 rings (SSSR count). The second-order valence-electron chi connectivity index (χ2n) is 3.36. The van der Waals surface area contributed by atoms with Crippen LogP contribution in [0.4, 0.5) is 0 Å². The van der Waals surface area contributed by atoms with Gasteiger partial charge < -0.3 is 4.74 Å². The van der Waals surface area contributed by atoms with E-state index in [1.807, 2.05) is 6.08 Å². The lowest BCUT2D eigenvalue weighted by Crippen LogP contribution is -2.09. The quantitative estimate of drug-likeness (QED) is 0.604. The van der Waals surface area contributed by atoms with E-state index in [4.69, 9.17) is 4.74 Å². The molecule has 1 aliphatic heterocycles. The van der Waals surface area contributed by atoms with E-state index in [2.05, 4.69) is 26.0 Å². The van der Waals surface area contributed by atoms with E-state index in [1.165, 1.54) is 6.42 Å². The van der Waals surface area contributed by atoms with Crippen LogP contribution in [-0.4, -0.2) is 6.10 Å². The highest BCUT2D eigenvalue weighted by atomic mass is 16.5. The fourth-order valence-electron chi connectivity index (χ4n) is 1.09. The van der Waals surface area contributed by atoms with Crippen LogP contribution in [0.2, 0.25) is 0 Å². The van der Waals surface area contributed by atoms with Gasteiger partial charge >= 0.3 is 0 Å². The van der Waals surface area contributed by atoms with Crippen molar-refractivity contribution in [3.8, 4) is 0 Å². The van der Waals surface area contributed by atoms with Gasteiger partial charge in [0.05, 0.1) is 6.26 Å². The minimum atomic E-state index is 0.322. The molecule has 1 heteroatoms. The Bertz CT molecular complexity index is 156. The summed E-state index contributed by atoms with van der Waals surface area (Å²) >= 11 is 0. The number of hydrogen-bond acceptors (Lipinski definition) is 1. The number of ether oxygens (including phenoxy) is 1. The monoisotopic (exact) mass is 152 g/mol. The molecule has 0 aromatic carbocycles. The fourth-order valence-corrected chi connectivity index (χ4v) is 1.09. The average molecular weight is 152 g/mol. The van der Waals surface area contributed by atoms with Gasteiger partial charge in [0.15, 0.2) is 0 Å². The lowest BCUT2D eigenvalue weighted by Gasteiger charge is -2.15. The van der Waals surface area contributed by atoms with E-state index in [1.54, 1.807) is 6.26 Å². The third kappa shape index (κ3) is 3.26. The Balaban J connectivity index is 2.17. The second-order valence-corrected chi connectivity index (χ2v) is 3.36. The molecular weight excluding hydrogens is 136 g/mol. The van der Waals surface area contributed by atoms with Crippen LogP contribution in [0.15, 0.2) is 24.5 Å². The minimum Gasteiger partial charge on any atom is -0.494 e. The Morgan fingerprint density at radius 3 is 2.73 bits per heavy atom. The maximum atomic E-state index is 5.36. The van der Waals surface area contributed by atoms with Crippen LogP contribution in [0, 0.1) is 5.92 Å². The lowest BCUT2D eigenvalue weighted by molar-refractivity contribution is 0.167. The van der Waals surface area contributed by atoms with Crippen LogP contribution < -0.4 is 0 Å². The van der Waals surface area contributed by atoms with Gasteiger partial charge in [0.1, 0.15) is 6.10 Å². The maximum absolute atomic E-state index is 5.36. The molecule has 0 aliphatic carbocycles. The van der Waals surface area contributed by atoms with Crippen LogP contribution >= 0.6 is 0 Å². The van der Waals surface area contributed by atoms with Gasteiger partial charge in [0, 0.05) is 0 Å². The lowest BCUT2D eigenvalue weighted by atomic mass is 10.0. The van der Waals surface area contributed by atoms with Crippen molar-refractivity contribution >= 4 is 0 Å². The Morgan fingerprint density at radius 1 is 1.36 bits per heavy atom. The van der Waals surface area contributed by atoms with Crippen molar-refractivity contribution in [3.63, 3.8) is 0 Å². The molecule has 1 heterocycles. The largest absolute Gasteiger partial charge is 0.494 e. The maximum Gasteiger partial charge on any atom is 0.116 e. The highest BCUT2D eigenvalue weighted by Gasteiger charge is 2.06. The molecule has 0 radical (unpaired) electrons. The number of hydrogen-bond donors (Lipinski definition) is 0. The molecule has 0 N–H and O–H groups in total. The molecular formula is C10H16O. The first-order chi connectivity index (χ1) is 5.29. The van der Waals surface area contributed by atoms with E-state index < -0.39 is 0 Å². The van der Waals surface area contributed by atoms with Crippen LogP contribution in [0.3, 0.4) is 0 Å². The standard InChI is InChI=1S/C10H16O/c1-9(2)6-7-10-5-3-4-8-11-10/h3-5,8-10H,6-7H2,1-2H3. The van der Waals surface area contributed by atoms with Crippen molar-refractivity contribution in [2.24, 2.45) is 5.92 Å². The molecule has 0 aromatic rings. The predicted molar refractivity (Wildman–Crippen MR) is 47.2 cm³/mol. The Kier molecular flexibility index (Phi) is 3.21. The van der Waals surface area contributed by atoms with Gasteiger partial charge in [-0.2, -0.15) is 0 Å². The summed E-state index contributed by atoms with van der Waals surface area (Å²) in [5.74, 6) is 0.776. The highest BCUT2D eigenvalue weighted by Crippen LogP contribution is 2.12. The molecule has 0 fully saturated rings. The van der Waals surface area contributed by atoms with Crippen molar-refractivity contribution < 1.29 is 4.74 Å². The molecule has 11 heavy (non-hydrogen) atoms. The Labute approximate surface area is 68.8 Å². The van der Waals surface area contributed by atoms with Gasteiger partial charge in [-0.05, 0) is 30.9 Å². The summed E-state index contributed by atoms with van der Waals surface area (Å²) in [6.07, 6.45) is 10.6. The molecule has 1 atom stereocenters. The van der Waals surface area contributed by atoms with Crippen molar-refractivity contribution in [1.82, 2.24) is 0 Å². The van der Waals surface area contributed by atoms with Gasteiger partial charge in [0.25, 0.3) is 0 Å². The topological polar surface area (TPSA) is 9.23 Å². The van der Waals surface area contributed by atoms with E-state index in [0.29, 0.717) is 6.10 Å². The van der Waals surface area contributed by atoms with Gasteiger partial charge in [-0.1, -0.05) is 19.9 Å². The SMILES string of the molecule is CC(C)CCC1C=CC=CO1. The Morgan fingerprint density at radius 2 is 2.18 bits per heavy atom. The first-order valence-electron chi connectivity index (χ1n) is 4.28. The van der Waals surface area contributed by atoms with Crippen LogP contribution in [0.5, 0.6) is 0 Å². The van der Waals surface area contributed by atoms with E-state index in [9.17, 15) is 0 Å². The predicted octanol–water partition coefficient (Wildman–Crippen LogP) is 2.89. The van der Waals surface area contributed by atoms with Crippen molar-refractivity contribution in [3.05, 3.63) is 24.5 Å². The Hall–Kier alpha value is -0.720. The third-order valence-corrected chi connectivity index (χ3v) is 1.80. The molecule has 1 aliphatic rings. The van der Waals surface area contributed by atoms with E-state index in [-0.39, 0.29) is 0 Å². The summed E-state index contributed by atoms with van der Waals surface area (Å²) in [6.45, 7) is 4.48. The smallest absolute Gasteiger partial charge is 0.116 e. The van der Waals surface area contributed by atoms with Crippen molar-refractivity contribution in [1.29, 1.82) is 0 Å². The van der Waals surface area contributed by atoms with Crippen molar-refractivity contribution in [2.45, 2.75) is 32.8 Å². The van der Waals surface area contributed by atoms with Gasteiger partial charge in [-0.3, -0.25) is 0 Å². The zero-order valence-electron chi connectivity index (χ0n) is 7.29. The van der Waals surface area contributed by atoms with Crippen LogP contribution in [-0.2, 0) is 4.74 Å². The van der Waals surface area contributed by atoms with Gasteiger partial charge in [0.2, 0.25) is 0 Å². The summed E-state index contributed by atoms with van der Waals surface area (Å²) in [6, 6.07) is 0. The summed E-state index contributed by atoms with van der Waals surface area (Å²) in [5, 5.41) is 0. The molecule has 0 bridgehead atoms. The normalized spacial score (nSPS) is 22.3. The first kappa shape index (κ1) is 8.38. The second kappa shape index (κ2) is 4.22. The van der Waals surface area contributed by atoms with Gasteiger partial charge in [-0.15, -0.1) is 0 Å². The van der Waals surface area contributed by atoms with Crippen LogP contribution in [0.1, 0.15) is 26.7 Å². The summed E-state index contributed by atoms with van der Waals surface area (Å²) in [7, 11) is 0. The number of allylic oxidation sites excluding steroid dienone is 2. The minimum absolute atomic E-state index is 0.322. The zero-order valence-corrected chi connectivity index (χ0v) is 7.29. The van der Waals surface area contributed by atoms with E-state index in [0.717, 1.165) is 12.3 Å². The number of rotatable bonds is 3. The van der Waals surface area contributed by atoms with E-state index >= 15 is 0 Å². The summed E-state index contributed by atoms with van der Waals surface area (Å²) in [5.41, 5.74) is 0. The molecule has 1 nitrogen and oxygen atoms in total. The third-order valence-electron chi connectivity index (χ3n) is 1.80. The molecule has 0 aromatic heterocycles. The molecule has 0 amide bonds. The molecule has 0 saturated heterocycles.